The number of aromatic nitrogens is 1. The van der Waals surface area contributed by atoms with Crippen molar-refractivity contribution in [2.45, 2.75) is 0 Å². The van der Waals surface area contributed by atoms with Gasteiger partial charge in [0.1, 0.15) is 17.2 Å². The Labute approximate surface area is 122 Å². The molecule has 0 spiro atoms. The molecular weight excluding hydrogens is 264 g/mol. The third kappa shape index (κ3) is 3.30. The summed E-state index contributed by atoms with van der Waals surface area (Å²) in [5, 5.41) is 0. The quantitative estimate of drug-likeness (QED) is 0.775. The molecule has 3 rings (SSSR count). The van der Waals surface area contributed by atoms with E-state index in [4.69, 9.17) is 15.2 Å². The molecule has 0 fully saturated rings. The molecule has 0 atom stereocenters. The zero-order valence-corrected chi connectivity index (χ0v) is 11.3. The monoisotopic (exact) mass is 278 g/mol. The van der Waals surface area contributed by atoms with Crippen molar-refractivity contribution in [3.8, 4) is 23.0 Å². The number of anilines is 1. The smallest absolute Gasteiger partial charge is 0.169 e. The molecule has 0 aliphatic carbocycles. The van der Waals surface area contributed by atoms with Crippen LogP contribution >= 0.6 is 0 Å². The minimum Gasteiger partial charge on any atom is -0.457 e. The van der Waals surface area contributed by atoms with Crippen LogP contribution in [0.1, 0.15) is 0 Å². The highest BCUT2D eigenvalue weighted by molar-refractivity contribution is 5.47. The fourth-order valence-corrected chi connectivity index (χ4v) is 1.82. The van der Waals surface area contributed by atoms with Gasteiger partial charge in [-0.25, -0.2) is 4.98 Å². The standard InChI is InChI=1S/C17H14N2O2/c18-17-16(7-4-12-19-17)21-15-10-8-14(9-11-15)20-13-5-2-1-3-6-13/h1-12H,(H2,18,19). The van der Waals surface area contributed by atoms with E-state index >= 15 is 0 Å². The van der Waals surface area contributed by atoms with Gasteiger partial charge in [-0.3, -0.25) is 0 Å². The molecule has 2 aromatic carbocycles. The van der Waals surface area contributed by atoms with Crippen molar-refractivity contribution in [3.63, 3.8) is 0 Å². The highest BCUT2D eigenvalue weighted by Gasteiger charge is 2.03. The molecule has 1 aromatic heterocycles. The first-order valence-electron chi connectivity index (χ1n) is 6.52. The first-order valence-corrected chi connectivity index (χ1v) is 6.52. The van der Waals surface area contributed by atoms with Crippen LogP contribution in [0, 0.1) is 0 Å². The molecule has 0 aliphatic heterocycles. The maximum atomic E-state index is 5.74. The molecular formula is C17H14N2O2. The summed E-state index contributed by atoms with van der Waals surface area (Å²) in [6.07, 6.45) is 1.62. The molecule has 0 amide bonds. The summed E-state index contributed by atoms with van der Waals surface area (Å²) in [6.45, 7) is 0. The summed E-state index contributed by atoms with van der Waals surface area (Å²) in [4.78, 5) is 3.98. The predicted molar refractivity (Wildman–Crippen MR) is 81.7 cm³/mol. The summed E-state index contributed by atoms with van der Waals surface area (Å²) in [6, 6.07) is 20.5. The van der Waals surface area contributed by atoms with Crippen molar-refractivity contribution >= 4 is 5.82 Å². The molecule has 4 heteroatoms. The molecule has 0 saturated carbocycles. The van der Waals surface area contributed by atoms with Crippen LogP contribution in [-0.4, -0.2) is 4.98 Å². The Balaban J connectivity index is 1.71. The van der Waals surface area contributed by atoms with E-state index in [1.54, 1.807) is 18.3 Å². The van der Waals surface area contributed by atoms with Crippen LogP contribution in [0.5, 0.6) is 23.0 Å². The number of hydrogen-bond donors (Lipinski definition) is 1. The zero-order valence-electron chi connectivity index (χ0n) is 11.3. The molecule has 21 heavy (non-hydrogen) atoms. The number of hydrogen-bond acceptors (Lipinski definition) is 4. The molecule has 0 saturated heterocycles. The molecule has 104 valence electrons. The second kappa shape index (κ2) is 5.96. The van der Waals surface area contributed by atoms with E-state index in [0.29, 0.717) is 17.3 Å². The number of para-hydroxylation sites is 1. The van der Waals surface area contributed by atoms with E-state index in [1.165, 1.54) is 0 Å². The number of benzene rings is 2. The highest BCUT2D eigenvalue weighted by Crippen LogP contribution is 2.28. The van der Waals surface area contributed by atoms with Gasteiger partial charge in [-0.05, 0) is 48.5 Å². The SMILES string of the molecule is Nc1ncccc1Oc1ccc(Oc2ccccc2)cc1. The van der Waals surface area contributed by atoms with Gasteiger partial charge < -0.3 is 15.2 Å². The Morgan fingerprint density at radius 3 is 1.95 bits per heavy atom. The molecule has 0 radical (unpaired) electrons. The van der Waals surface area contributed by atoms with E-state index in [-0.39, 0.29) is 0 Å². The van der Waals surface area contributed by atoms with Gasteiger partial charge in [-0.1, -0.05) is 18.2 Å². The molecule has 2 N–H and O–H groups in total. The molecule has 1 heterocycles. The minimum atomic E-state index is 0.363. The van der Waals surface area contributed by atoms with Crippen molar-refractivity contribution in [2.75, 3.05) is 5.73 Å². The van der Waals surface area contributed by atoms with Gasteiger partial charge in [-0.15, -0.1) is 0 Å². The summed E-state index contributed by atoms with van der Waals surface area (Å²) < 4.78 is 11.4. The van der Waals surface area contributed by atoms with Gasteiger partial charge in [0.15, 0.2) is 11.6 Å². The Hall–Kier alpha value is -3.01. The van der Waals surface area contributed by atoms with Crippen molar-refractivity contribution < 1.29 is 9.47 Å². The van der Waals surface area contributed by atoms with Crippen molar-refractivity contribution in [2.24, 2.45) is 0 Å². The lowest BCUT2D eigenvalue weighted by Gasteiger charge is -2.09. The summed E-state index contributed by atoms with van der Waals surface area (Å²) in [7, 11) is 0. The number of rotatable bonds is 4. The number of nitrogens with two attached hydrogens (primary N) is 1. The minimum absolute atomic E-state index is 0.363. The van der Waals surface area contributed by atoms with Crippen LogP contribution in [0.25, 0.3) is 0 Å². The van der Waals surface area contributed by atoms with Crippen molar-refractivity contribution in [1.82, 2.24) is 4.98 Å². The predicted octanol–water partition coefficient (Wildman–Crippen LogP) is 4.25. The highest BCUT2D eigenvalue weighted by atomic mass is 16.5. The summed E-state index contributed by atoms with van der Waals surface area (Å²) >= 11 is 0. The van der Waals surface area contributed by atoms with Gasteiger partial charge in [0.25, 0.3) is 0 Å². The second-order valence-corrected chi connectivity index (χ2v) is 4.38. The topological polar surface area (TPSA) is 57.4 Å². The number of nitrogen functional groups attached to an aromatic ring is 1. The summed E-state index contributed by atoms with van der Waals surface area (Å²) in [5.41, 5.74) is 5.74. The fraction of sp³-hybridized carbons (Fsp3) is 0. The molecule has 0 aliphatic rings. The normalized spacial score (nSPS) is 10.1. The van der Waals surface area contributed by atoms with Gasteiger partial charge >= 0.3 is 0 Å². The Morgan fingerprint density at radius 2 is 1.29 bits per heavy atom. The van der Waals surface area contributed by atoms with Crippen LogP contribution in [0.2, 0.25) is 0 Å². The van der Waals surface area contributed by atoms with E-state index in [1.807, 2.05) is 54.6 Å². The van der Waals surface area contributed by atoms with E-state index < -0.39 is 0 Å². The van der Waals surface area contributed by atoms with Crippen LogP contribution < -0.4 is 15.2 Å². The van der Waals surface area contributed by atoms with Crippen LogP contribution in [-0.2, 0) is 0 Å². The maximum absolute atomic E-state index is 5.74. The zero-order chi connectivity index (χ0) is 14.5. The third-order valence-corrected chi connectivity index (χ3v) is 2.83. The van der Waals surface area contributed by atoms with Crippen molar-refractivity contribution in [1.29, 1.82) is 0 Å². The van der Waals surface area contributed by atoms with Gasteiger partial charge in [0.05, 0.1) is 0 Å². The number of ether oxygens (including phenoxy) is 2. The number of pyridine rings is 1. The van der Waals surface area contributed by atoms with Crippen LogP contribution in [0.4, 0.5) is 5.82 Å². The molecule has 4 nitrogen and oxygen atoms in total. The van der Waals surface area contributed by atoms with Gasteiger partial charge in [-0.2, -0.15) is 0 Å². The largest absolute Gasteiger partial charge is 0.457 e. The lowest BCUT2D eigenvalue weighted by Crippen LogP contribution is -1.94. The second-order valence-electron chi connectivity index (χ2n) is 4.38. The van der Waals surface area contributed by atoms with E-state index in [0.717, 1.165) is 11.5 Å². The van der Waals surface area contributed by atoms with E-state index in [2.05, 4.69) is 4.98 Å². The Kier molecular flexibility index (Phi) is 3.69. The van der Waals surface area contributed by atoms with Gasteiger partial charge in [0.2, 0.25) is 0 Å². The average Bonchev–Trinajstić information content (AvgIpc) is 2.52. The maximum Gasteiger partial charge on any atom is 0.169 e. The van der Waals surface area contributed by atoms with Crippen LogP contribution in [0.3, 0.4) is 0 Å². The first kappa shape index (κ1) is 13.0. The first-order chi connectivity index (χ1) is 10.3. The number of nitrogens with zero attached hydrogens (tertiary/aromatic N) is 1. The third-order valence-electron chi connectivity index (χ3n) is 2.83. The summed E-state index contributed by atoms with van der Waals surface area (Å²) in [5.74, 6) is 3.11. The molecule has 0 bridgehead atoms. The van der Waals surface area contributed by atoms with Gasteiger partial charge in [0, 0.05) is 6.20 Å². The molecule has 0 unspecified atom stereocenters. The fourth-order valence-electron chi connectivity index (χ4n) is 1.82. The average molecular weight is 278 g/mol. The van der Waals surface area contributed by atoms with Crippen molar-refractivity contribution in [3.05, 3.63) is 72.9 Å². The lowest BCUT2D eigenvalue weighted by molar-refractivity contribution is 0.469. The van der Waals surface area contributed by atoms with Crippen LogP contribution in [0.15, 0.2) is 72.9 Å². The van der Waals surface area contributed by atoms with E-state index in [9.17, 15) is 0 Å². The lowest BCUT2D eigenvalue weighted by atomic mass is 10.3. The Bertz CT molecular complexity index is 712. The Morgan fingerprint density at radius 1 is 0.667 bits per heavy atom. The molecule has 3 aromatic rings.